The van der Waals surface area contributed by atoms with Gasteiger partial charge in [0.05, 0.1) is 11.5 Å². The van der Waals surface area contributed by atoms with Gasteiger partial charge in [0.25, 0.3) is 5.91 Å². The maximum Gasteiger partial charge on any atom is 0.308 e. The minimum Gasteiger partial charge on any atom is -0.508 e. The predicted molar refractivity (Wildman–Crippen MR) is 68.5 cm³/mol. The summed E-state index contributed by atoms with van der Waals surface area (Å²) in [6.07, 6.45) is 1.97. The largest absolute Gasteiger partial charge is 0.508 e. The zero-order chi connectivity index (χ0) is 14.4. The molecule has 2 bridgehead atoms. The molecule has 0 spiro atoms. The summed E-state index contributed by atoms with van der Waals surface area (Å²) in [6, 6.07) is 3.44. The first-order valence-electron chi connectivity index (χ1n) is 6.56. The monoisotopic (exact) mass is 277 g/mol. The van der Waals surface area contributed by atoms with Crippen molar-refractivity contribution in [2.24, 2.45) is 5.92 Å². The number of hydrogen-bond donors (Lipinski definition) is 3. The molecule has 2 aliphatic heterocycles. The number of carboxylic acid groups (broad SMARTS) is 1. The Morgan fingerprint density at radius 2 is 1.95 bits per heavy atom. The number of carboxylic acids is 1. The molecule has 3 rings (SSSR count). The fourth-order valence-electron chi connectivity index (χ4n) is 3.41. The minimum absolute atomic E-state index is 0.0678. The standard InChI is InChI=1S/C14H15NO5/c16-8-2-3-9(12(17)6-8)13(18)15-7-1-4-11(15)10(5-7)14(19)20/h2-3,6-7,10-11,16-17H,1,4-5H2,(H,19,20). The summed E-state index contributed by atoms with van der Waals surface area (Å²) in [5.74, 6) is -2.15. The van der Waals surface area contributed by atoms with E-state index in [1.807, 2.05) is 0 Å². The Morgan fingerprint density at radius 1 is 1.20 bits per heavy atom. The third-order valence-electron chi connectivity index (χ3n) is 4.30. The average Bonchev–Trinajstić information content (AvgIpc) is 2.95. The van der Waals surface area contributed by atoms with E-state index in [1.165, 1.54) is 12.1 Å². The summed E-state index contributed by atoms with van der Waals surface area (Å²) in [6.45, 7) is 0. The lowest BCUT2D eigenvalue weighted by atomic mass is 9.89. The van der Waals surface area contributed by atoms with Crippen molar-refractivity contribution >= 4 is 11.9 Å². The van der Waals surface area contributed by atoms with E-state index in [0.717, 1.165) is 12.5 Å². The molecule has 0 radical (unpaired) electrons. The number of hydrogen-bond acceptors (Lipinski definition) is 4. The van der Waals surface area contributed by atoms with Gasteiger partial charge in [0.2, 0.25) is 0 Å². The van der Waals surface area contributed by atoms with Gasteiger partial charge in [0.1, 0.15) is 11.5 Å². The third kappa shape index (κ3) is 1.79. The summed E-state index contributed by atoms with van der Waals surface area (Å²) in [4.78, 5) is 25.3. The molecule has 0 aliphatic carbocycles. The van der Waals surface area contributed by atoms with Gasteiger partial charge in [-0.05, 0) is 31.4 Å². The molecular formula is C14H15NO5. The first-order valence-corrected chi connectivity index (χ1v) is 6.56. The molecule has 106 valence electrons. The predicted octanol–water partition coefficient (Wildman–Crippen LogP) is 1.18. The Labute approximate surface area is 115 Å². The molecule has 6 nitrogen and oxygen atoms in total. The zero-order valence-electron chi connectivity index (χ0n) is 10.7. The number of phenolic OH excluding ortho intramolecular Hbond substituents is 2. The van der Waals surface area contributed by atoms with E-state index in [1.54, 1.807) is 4.90 Å². The second-order valence-corrected chi connectivity index (χ2v) is 5.39. The molecule has 1 amide bonds. The highest BCUT2D eigenvalue weighted by atomic mass is 16.4. The molecule has 0 aromatic heterocycles. The van der Waals surface area contributed by atoms with Crippen LogP contribution in [0.3, 0.4) is 0 Å². The van der Waals surface area contributed by atoms with Crippen LogP contribution in [0.4, 0.5) is 0 Å². The van der Waals surface area contributed by atoms with Crippen LogP contribution >= 0.6 is 0 Å². The Morgan fingerprint density at radius 3 is 2.55 bits per heavy atom. The van der Waals surface area contributed by atoms with Crippen LogP contribution in [0, 0.1) is 5.92 Å². The number of benzene rings is 1. The summed E-state index contributed by atoms with van der Waals surface area (Å²) in [7, 11) is 0. The number of rotatable bonds is 2. The summed E-state index contributed by atoms with van der Waals surface area (Å²) >= 11 is 0. The Bertz CT molecular complexity index is 585. The van der Waals surface area contributed by atoms with Gasteiger partial charge in [-0.15, -0.1) is 0 Å². The lowest BCUT2D eigenvalue weighted by Crippen LogP contribution is -2.37. The zero-order valence-corrected chi connectivity index (χ0v) is 10.7. The summed E-state index contributed by atoms with van der Waals surface area (Å²) < 4.78 is 0. The molecular weight excluding hydrogens is 262 g/mol. The van der Waals surface area contributed by atoms with E-state index in [4.69, 9.17) is 0 Å². The first kappa shape index (κ1) is 12.8. The number of aliphatic carboxylic acids is 1. The van der Waals surface area contributed by atoms with Crippen LogP contribution in [0.15, 0.2) is 18.2 Å². The Hall–Kier alpha value is -2.24. The van der Waals surface area contributed by atoms with Crippen molar-refractivity contribution in [2.45, 2.75) is 31.3 Å². The topological polar surface area (TPSA) is 98.1 Å². The minimum atomic E-state index is -0.870. The molecule has 6 heteroatoms. The van der Waals surface area contributed by atoms with E-state index in [-0.39, 0.29) is 35.1 Å². The van der Waals surface area contributed by atoms with Crippen LogP contribution in [0.1, 0.15) is 29.6 Å². The van der Waals surface area contributed by atoms with Gasteiger partial charge in [0, 0.05) is 18.2 Å². The molecule has 3 atom stereocenters. The van der Waals surface area contributed by atoms with Crippen molar-refractivity contribution in [1.82, 2.24) is 4.90 Å². The van der Waals surface area contributed by atoms with E-state index < -0.39 is 11.9 Å². The maximum atomic E-state index is 12.5. The van der Waals surface area contributed by atoms with Crippen LogP contribution in [0.5, 0.6) is 11.5 Å². The van der Waals surface area contributed by atoms with E-state index >= 15 is 0 Å². The van der Waals surface area contributed by atoms with E-state index in [2.05, 4.69) is 0 Å². The SMILES string of the molecule is O=C(O)C1CC2CCC1N2C(=O)c1ccc(O)cc1O. The van der Waals surface area contributed by atoms with Crippen molar-refractivity contribution in [3.8, 4) is 11.5 Å². The summed E-state index contributed by atoms with van der Waals surface area (Å²) in [5, 5.41) is 28.2. The van der Waals surface area contributed by atoms with Gasteiger partial charge >= 0.3 is 5.97 Å². The molecule has 20 heavy (non-hydrogen) atoms. The van der Waals surface area contributed by atoms with Crippen LogP contribution < -0.4 is 0 Å². The Kier molecular flexibility index (Phi) is 2.81. The van der Waals surface area contributed by atoms with Crippen molar-refractivity contribution in [3.63, 3.8) is 0 Å². The number of amides is 1. The lowest BCUT2D eigenvalue weighted by molar-refractivity contribution is -0.142. The van der Waals surface area contributed by atoms with E-state index in [9.17, 15) is 24.9 Å². The number of phenols is 2. The fourth-order valence-corrected chi connectivity index (χ4v) is 3.41. The molecule has 3 unspecified atom stereocenters. The molecule has 2 fully saturated rings. The van der Waals surface area contributed by atoms with Gasteiger partial charge in [0.15, 0.2) is 0 Å². The fraction of sp³-hybridized carbons (Fsp3) is 0.429. The normalized spacial score (nSPS) is 27.8. The van der Waals surface area contributed by atoms with Crippen molar-refractivity contribution in [3.05, 3.63) is 23.8 Å². The van der Waals surface area contributed by atoms with Gasteiger partial charge in [-0.2, -0.15) is 0 Å². The molecule has 1 aromatic carbocycles. The molecule has 2 aliphatic rings. The highest BCUT2D eigenvalue weighted by Gasteiger charge is 2.51. The highest BCUT2D eigenvalue weighted by Crippen LogP contribution is 2.43. The molecule has 3 N–H and O–H groups in total. The van der Waals surface area contributed by atoms with Gasteiger partial charge in [-0.3, -0.25) is 9.59 Å². The lowest BCUT2D eigenvalue weighted by Gasteiger charge is -2.23. The maximum absolute atomic E-state index is 12.5. The van der Waals surface area contributed by atoms with Gasteiger partial charge in [-0.1, -0.05) is 0 Å². The van der Waals surface area contributed by atoms with Gasteiger partial charge < -0.3 is 20.2 Å². The molecule has 2 saturated heterocycles. The number of aromatic hydroxyl groups is 2. The van der Waals surface area contributed by atoms with Crippen LogP contribution in [0.2, 0.25) is 0 Å². The smallest absolute Gasteiger partial charge is 0.308 e. The van der Waals surface area contributed by atoms with E-state index in [0.29, 0.717) is 12.8 Å². The van der Waals surface area contributed by atoms with Crippen molar-refractivity contribution in [1.29, 1.82) is 0 Å². The number of fused-ring (bicyclic) bond motifs is 2. The third-order valence-corrected chi connectivity index (χ3v) is 4.30. The van der Waals surface area contributed by atoms with Crippen LogP contribution in [-0.2, 0) is 4.79 Å². The second kappa shape index (κ2) is 4.40. The number of nitrogens with zero attached hydrogens (tertiary/aromatic N) is 1. The van der Waals surface area contributed by atoms with Gasteiger partial charge in [-0.25, -0.2) is 0 Å². The second-order valence-electron chi connectivity index (χ2n) is 5.39. The first-order chi connectivity index (χ1) is 9.49. The number of carbonyl (C=O) groups is 2. The quantitative estimate of drug-likeness (QED) is 0.754. The van der Waals surface area contributed by atoms with Crippen molar-refractivity contribution < 1.29 is 24.9 Å². The van der Waals surface area contributed by atoms with Crippen LogP contribution in [-0.4, -0.2) is 44.2 Å². The molecule has 1 aromatic rings. The summed E-state index contributed by atoms with van der Waals surface area (Å²) in [5.41, 5.74) is 0.103. The molecule has 2 heterocycles. The molecule has 0 saturated carbocycles. The number of carbonyl (C=O) groups excluding carboxylic acids is 1. The van der Waals surface area contributed by atoms with Crippen LogP contribution in [0.25, 0.3) is 0 Å². The van der Waals surface area contributed by atoms with Crippen molar-refractivity contribution in [2.75, 3.05) is 0 Å². The Balaban J connectivity index is 1.90. The average molecular weight is 277 g/mol. The highest BCUT2D eigenvalue weighted by molar-refractivity contribution is 5.98.